The zero-order valence-electron chi connectivity index (χ0n) is 5.32. The lowest BCUT2D eigenvalue weighted by molar-refractivity contribution is 0.738. The van der Waals surface area contributed by atoms with Crippen LogP contribution in [-0.4, -0.2) is 9.65 Å². The van der Waals surface area contributed by atoms with Crippen molar-refractivity contribution in [1.29, 1.82) is 0 Å². The first-order valence-corrected chi connectivity index (χ1v) is 4.74. The van der Waals surface area contributed by atoms with E-state index >= 15 is 0 Å². The fourth-order valence-electron chi connectivity index (χ4n) is 0.459. The van der Waals surface area contributed by atoms with Crippen LogP contribution in [0.15, 0.2) is 0 Å². The second-order valence-electron chi connectivity index (χ2n) is 2.14. The maximum Gasteiger partial charge on any atom is 0.0117 e. The van der Waals surface area contributed by atoms with Gasteiger partial charge in [0.15, 0.2) is 0 Å². The van der Waals surface area contributed by atoms with Gasteiger partial charge in [-0.15, -0.1) is 0 Å². The Morgan fingerprint density at radius 1 is 1.00 bits per heavy atom. The van der Waals surface area contributed by atoms with Gasteiger partial charge in [0.1, 0.15) is 0 Å². The Hall–Kier alpha value is 0.960. The van der Waals surface area contributed by atoms with E-state index in [1.54, 1.807) is 0 Å². The molecule has 0 radical (unpaired) electrons. The van der Waals surface area contributed by atoms with Crippen molar-refractivity contribution < 1.29 is 0 Å². The van der Waals surface area contributed by atoms with E-state index in [2.05, 4.69) is 45.7 Å². The van der Waals surface area contributed by atoms with Crippen LogP contribution in [0, 0.1) is 0 Å². The van der Waals surface area contributed by atoms with Gasteiger partial charge in [-0.25, -0.2) is 0 Å². The normalized spacial score (nSPS) is 18.0. The van der Waals surface area contributed by atoms with E-state index in [0.717, 1.165) is 0 Å². The van der Waals surface area contributed by atoms with E-state index in [1.165, 1.54) is 12.8 Å². The number of hydrogen-bond donors (Lipinski definition) is 0. The molecule has 0 N–H and O–H groups in total. The van der Waals surface area contributed by atoms with Gasteiger partial charge in [-0.2, -0.15) is 0 Å². The molecule has 0 amide bonds. The molecule has 0 heterocycles. The van der Waals surface area contributed by atoms with Crippen LogP contribution >= 0.6 is 31.9 Å². The number of halogens is 2. The molecule has 0 rings (SSSR count). The molecule has 0 aromatic rings. The molecule has 0 unspecified atom stereocenters. The third-order valence-electron chi connectivity index (χ3n) is 0.962. The molecular formula is C6H12Br2. The summed E-state index contributed by atoms with van der Waals surface area (Å²) in [5.74, 6) is 0. The van der Waals surface area contributed by atoms with Crippen LogP contribution in [0.3, 0.4) is 0 Å². The summed E-state index contributed by atoms with van der Waals surface area (Å²) < 4.78 is 0. The Morgan fingerprint density at radius 3 is 1.38 bits per heavy atom. The quantitative estimate of drug-likeness (QED) is 0.668. The summed E-state index contributed by atoms with van der Waals surface area (Å²) in [5.41, 5.74) is 0. The zero-order chi connectivity index (χ0) is 6.57. The maximum atomic E-state index is 3.48. The molecule has 8 heavy (non-hydrogen) atoms. The minimum Gasteiger partial charge on any atom is -0.0894 e. The largest absolute Gasteiger partial charge is 0.0894 e. The first-order valence-electron chi connectivity index (χ1n) is 2.91. The van der Waals surface area contributed by atoms with Gasteiger partial charge in [0.05, 0.1) is 0 Å². The van der Waals surface area contributed by atoms with Crippen molar-refractivity contribution in [3.63, 3.8) is 0 Å². The Labute approximate surface area is 68.3 Å². The van der Waals surface area contributed by atoms with Crippen LogP contribution in [0.5, 0.6) is 0 Å². The minimum atomic E-state index is 0.669. The third kappa shape index (κ3) is 6.96. The number of rotatable bonds is 3. The standard InChI is InChI=1S/C6H12Br2/c1-5(7)3-4-6(2)8/h5-6H,3-4H2,1-2H3/t5-,6-/m1/s1. The van der Waals surface area contributed by atoms with Crippen LogP contribution < -0.4 is 0 Å². The van der Waals surface area contributed by atoms with Crippen molar-refractivity contribution in [2.45, 2.75) is 36.3 Å². The molecule has 0 aliphatic carbocycles. The fourth-order valence-corrected chi connectivity index (χ4v) is 0.988. The zero-order valence-corrected chi connectivity index (χ0v) is 8.50. The van der Waals surface area contributed by atoms with E-state index in [9.17, 15) is 0 Å². The average Bonchev–Trinajstić information content (AvgIpc) is 1.61. The minimum absolute atomic E-state index is 0.669. The Bertz CT molecular complexity index is 42.5. The number of hydrogen-bond acceptors (Lipinski definition) is 0. The van der Waals surface area contributed by atoms with Crippen molar-refractivity contribution in [2.75, 3.05) is 0 Å². The highest BCUT2D eigenvalue weighted by Crippen LogP contribution is 2.12. The summed E-state index contributed by atoms with van der Waals surface area (Å²) in [7, 11) is 0. The van der Waals surface area contributed by atoms with E-state index in [4.69, 9.17) is 0 Å². The van der Waals surface area contributed by atoms with Gasteiger partial charge >= 0.3 is 0 Å². The molecule has 0 saturated heterocycles. The van der Waals surface area contributed by atoms with Crippen molar-refractivity contribution in [3.05, 3.63) is 0 Å². The lowest BCUT2D eigenvalue weighted by Gasteiger charge is -2.02. The Morgan fingerprint density at radius 2 is 1.25 bits per heavy atom. The molecule has 0 bridgehead atoms. The molecule has 0 saturated carbocycles. The summed E-state index contributed by atoms with van der Waals surface area (Å²) in [5, 5.41) is 0. The summed E-state index contributed by atoms with van der Waals surface area (Å²) in [6, 6.07) is 0. The molecule has 0 aromatic carbocycles. The number of alkyl halides is 2. The van der Waals surface area contributed by atoms with Gasteiger partial charge in [-0.3, -0.25) is 0 Å². The highest BCUT2D eigenvalue weighted by molar-refractivity contribution is 9.09. The van der Waals surface area contributed by atoms with Crippen LogP contribution in [0.4, 0.5) is 0 Å². The predicted molar refractivity (Wildman–Crippen MR) is 46.0 cm³/mol. The predicted octanol–water partition coefficient (Wildman–Crippen LogP) is 3.33. The summed E-state index contributed by atoms with van der Waals surface area (Å²) in [6.45, 7) is 4.35. The van der Waals surface area contributed by atoms with Gasteiger partial charge < -0.3 is 0 Å². The van der Waals surface area contributed by atoms with Crippen molar-refractivity contribution >= 4 is 31.9 Å². The Balaban J connectivity index is 2.93. The summed E-state index contributed by atoms with van der Waals surface area (Å²) >= 11 is 6.96. The lowest BCUT2D eigenvalue weighted by Crippen LogP contribution is -1.95. The van der Waals surface area contributed by atoms with Crippen LogP contribution in [0.2, 0.25) is 0 Å². The first kappa shape index (κ1) is 8.96. The molecule has 50 valence electrons. The van der Waals surface area contributed by atoms with E-state index < -0.39 is 0 Å². The second-order valence-corrected chi connectivity index (χ2v) is 5.27. The molecule has 2 atom stereocenters. The summed E-state index contributed by atoms with van der Waals surface area (Å²) in [4.78, 5) is 1.34. The highest BCUT2D eigenvalue weighted by Gasteiger charge is 1.98. The molecule has 2 heteroatoms. The van der Waals surface area contributed by atoms with Gasteiger partial charge in [-0.1, -0.05) is 45.7 Å². The van der Waals surface area contributed by atoms with Gasteiger partial charge in [-0.05, 0) is 12.8 Å². The lowest BCUT2D eigenvalue weighted by atomic mass is 10.2. The van der Waals surface area contributed by atoms with E-state index in [-0.39, 0.29) is 0 Å². The van der Waals surface area contributed by atoms with Crippen molar-refractivity contribution in [3.8, 4) is 0 Å². The molecule has 0 aliphatic rings. The SMILES string of the molecule is C[C@@H](Br)CC[C@@H](C)Br. The molecule has 0 nitrogen and oxygen atoms in total. The first-order chi connectivity index (χ1) is 3.63. The van der Waals surface area contributed by atoms with Gasteiger partial charge in [0.2, 0.25) is 0 Å². The van der Waals surface area contributed by atoms with Gasteiger partial charge in [0.25, 0.3) is 0 Å². The second kappa shape index (κ2) is 4.80. The maximum absolute atomic E-state index is 3.48. The Kier molecular flexibility index (Phi) is 5.38. The van der Waals surface area contributed by atoms with Crippen LogP contribution in [0.25, 0.3) is 0 Å². The van der Waals surface area contributed by atoms with E-state index in [1.807, 2.05) is 0 Å². The molecule has 0 spiro atoms. The van der Waals surface area contributed by atoms with Crippen molar-refractivity contribution in [2.24, 2.45) is 0 Å². The van der Waals surface area contributed by atoms with Crippen molar-refractivity contribution in [1.82, 2.24) is 0 Å². The highest BCUT2D eigenvalue weighted by atomic mass is 79.9. The topological polar surface area (TPSA) is 0 Å². The third-order valence-corrected chi connectivity index (χ3v) is 1.88. The van der Waals surface area contributed by atoms with Crippen LogP contribution in [-0.2, 0) is 0 Å². The summed E-state index contributed by atoms with van der Waals surface area (Å²) in [6.07, 6.45) is 2.51. The molecule has 0 aliphatic heterocycles. The molecular weight excluding hydrogens is 232 g/mol. The fraction of sp³-hybridized carbons (Fsp3) is 1.00. The van der Waals surface area contributed by atoms with E-state index in [0.29, 0.717) is 9.65 Å². The smallest absolute Gasteiger partial charge is 0.0117 e. The molecule has 0 aromatic heterocycles. The molecule has 0 fully saturated rings. The average molecular weight is 244 g/mol. The monoisotopic (exact) mass is 242 g/mol. The van der Waals surface area contributed by atoms with Gasteiger partial charge in [0, 0.05) is 9.65 Å². The van der Waals surface area contributed by atoms with Crippen LogP contribution in [0.1, 0.15) is 26.7 Å².